The van der Waals surface area contributed by atoms with E-state index in [4.69, 9.17) is 5.73 Å². The van der Waals surface area contributed by atoms with Crippen LogP contribution in [-0.2, 0) is 6.54 Å². The second-order valence-corrected chi connectivity index (χ2v) is 4.48. The largest absolute Gasteiger partial charge is 0.398 e. The summed E-state index contributed by atoms with van der Waals surface area (Å²) in [5.74, 6) is 0. The third-order valence-electron chi connectivity index (χ3n) is 3.21. The average Bonchev–Trinajstić information content (AvgIpc) is 2.84. The molecule has 0 unspecified atom stereocenters. The van der Waals surface area contributed by atoms with Crippen LogP contribution in [0.1, 0.15) is 11.3 Å². The van der Waals surface area contributed by atoms with Crippen molar-refractivity contribution in [2.75, 3.05) is 11.1 Å². The van der Waals surface area contributed by atoms with Crippen LogP contribution in [0.25, 0.3) is 10.9 Å². The molecular weight excluding hydrogens is 238 g/mol. The molecule has 0 bridgehead atoms. The van der Waals surface area contributed by atoms with Crippen molar-refractivity contribution in [3.05, 3.63) is 47.9 Å². The quantitative estimate of drug-likeness (QED) is 0.626. The Bertz CT molecular complexity index is 717. The zero-order valence-electron chi connectivity index (χ0n) is 10.6. The fourth-order valence-electron chi connectivity index (χ4n) is 2.08. The summed E-state index contributed by atoms with van der Waals surface area (Å²) in [6.45, 7) is 2.71. The smallest absolute Gasteiger partial charge is 0.0953 e. The molecule has 0 aliphatic carbocycles. The lowest BCUT2D eigenvalue weighted by atomic mass is 10.1. The molecule has 5 nitrogen and oxygen atoms in total. The minimum atomic E-state index is 0.706. The summed E-state index contributed by atoms with van der Waals surface area (Å²) in [6, 6.07) is 7.73. The Morgan fingerprint density at radius 1 is 1.32 bits per heavy atom. The van der Waals surface area contributed by atoms with Gasteiger partial charge in [0.2, 0.25) is 0 Å². The summed E-state index contributed by atoms with van der Waals surface area (Å²) in [6.07, 6.45) is 3.60. The van der Waals surface area contributed by atoms with E-state index in [1.165, 1.54) is 0 Å². The number of rotatable bonds is 3. The Morgan fingerprint density at radius 2 is 2.21 bits per heavy atom. The summed E-state index contributed by atoms with van der Waals surface area (Å²) in [5, 5.41) is 11.3. The van der Waals surface area contributed by atoms with Gasteiger partial charge in [-0.05, 0) is 31.2 Å². The van der Waals surface area contributed by atoms with Crippen molar-refractivity contribution in [3.63, 3.8) is 0 Å². The number of fused-ring (bicyclic) bond motifs is 1. The van der Waals surface area contributed by atoms with Crippen LogP contribution < -0.4 is 11.1 Å². The van der Waals surface area contributed by atoms with E-state index in [0.717, 1.165) is 33.5 Å². The number of pyridine rings is 1. The van der Waals surface area contributed by atoms with Crippen molar-refractivity contribution in [1.29, 1.82) is 0 Å². The van der Waals surface area contributed by atoms with E-state index in [1.54, 1.807) is 6.20 Å². The number of nitrogens with zero attached hydrogens (tertiary/aromatic N) is 2. The second kappa shape index (κ2) is 4.61. The lowest BCUT2D eigenvalue weighted by Crippen LogP contribution is -2.02. The zero-order valence-corrected chi connectivity index (χ0v) is 10.6. The van der Waals surface area contributed by atoms with Crippen molar-refractivity contribution in [1.82, 2.24) is 15.2 Å². The third kappa shape index (κ3) is 2.10. The molecule has 0 aliphatic heterocycles. The number of nitrogens with two attached hydrogens (primary N) is 1. The lowest BCUT2D eigenvalue weighted by molar-refractivity contribution is 1.04. The van der Waals surface area contributed by atoms with E-state index in [9.17, 15) is 0 Å². The van der Waals surface area contributed by atoms with Gasteiger partial charge in [-0.2, -0.15) is 5.10 Å². The molecule has 2 aromatic heterocycles. The molecule has 19 heavy (non-hydrogen) atoms. The van der Waals surface area contributed by atoms with Crippen LogP contribution in [-0.4, -0.2) is 15.2 Å². The molecule has 0 fully saturated rings. The monoisotopic (exact) mass is 253 g/mol. The maximum Gasteiger partial charge on any atom is 0.0953 e. The van der Waals surface area contributed by atoms with Gasteiger partial charge >= 0.3 is 0 Å². The number of benzene rings is 1. The molecule has 3 aromatic rings. The molecule has 4 N–H and O–H groups in total. The predicted octanol–water partition coefficient (Wildman–Crippen LogP) is 2.46. The van der Waals surface area contributed by atoms with Crippen molar-refractivity contribution in [3.8, 4) is 0 Å². The zero-order chi connectivity index (χ0) is 13.2. The van der Waals surface area contributed by atoms with E-state index >= 15 is 0 Å². The van der Waals surface area contributed by atoms with E-state index in [1.807, 2.05) is 37.4 Å². The fourth-order valence-corrected chi connectivity index (χ4v) is 2.08. The van der Waals surface area contributed by atoms with Crippen molar-refractivity contribution in [2.45, 2.75) is 13.5 Å². The molecule has 96 valence electrons. The molecule has 0 atom stereocenters. The van der Waals surface area contributed by atoms with Crippen molar-refractivity contribution in [2.24, 2.45) is 0 Å². The normalized spacial score (nSPS) is 10.8. The van der Waals surface area contributed by atoms with Gasteiger partial charge in [-0.3, -0.25) is 10.1 Å². The molecule has 0 aliphatic rings. The van der Waals surface area contributed by atoms with Gasteiger partial charge in [-0.1, -0.05) is 0 Å². The van der Waals surface area contributed by atoms with Gasteiger partial charge in [0.15, 0.2) is 0 Å². The Hall–Kier alpha value is -2.56. The SMILES string of the molecule is Cc1[nH]ncc1CNc1ccc(N)c2cccnc12. The summed E-state index contributed by atoms with van der Waals surface area (Å²) in [4.78, 5) is 4.40. The van der Waals surface area contributed by atoms with Crippen molar-refractivity contribution < 1.29 is 0 Å². The van der Waals surface area contributed by atoms with Gasteiger partial charge in [0.05, 0.1) is 17.4 Å². The number of nitrogens with one attached hydrogen (secondary N) is 2. The van der Waals surface area contributed by atoms with Crippen LogP contribution in [0.15, 0.2) is 36.7 Å². The Kier molecular flexibility index (Phi) is 2.79. The number of H-pyrrole nitrogens is 1. The summed E-state index contributed by atoms with van der Waals surface area (Å²) < 4.78 is 0. The van der Waals surface area contributed by atoms with Gasteiger partial charge in [0.1, 0.15) is 0 Å². The van der Waals surface area contributed by atoms with Gasteiger partial charge in [0, 0.05) is 35.1 Å². The highest BCUT2D eigenvalue weighted by molar-refractivity contribution is 5.98. The summed E-state index contributed by atoms with van der Waals surface area (Å²) in [7, 11) is 0. The molecular formula is C14H15N5. The third-order valence-corrected chi connectivity index (χ3v) is 3.21. The predicted molar refractivity (Wildman–Crippen MR) is 76.8 cm³/mol. The van der Waals surface area contributed by atoms with E-state index in [0.29, 0.717) is 6.54 Å². The average molecular weight is 253 g/mol. The number of aromatic nitrogens is 3. The number of hydrogen-bond acceptors (Lipinski definition) is 4. The molecule has 0 saturated heterocycles. The number of hydrogen-bond donors (Lipinski definition) is 3. The van der Waals surface area contributed by atoms with Crippen LogP contribution in [0.3, 0.4) is 0 Å². The van der Waals surface area contributed by atoms with Crippen LogP contribution in [0.5, 0.6) is 0 Å². The maximum absolute atomic E-state index is 5.96. The summed E-state index contributed by atoms with van der Waals surface area (Å²) >= 11 is 0. The minimum absolute atomic E-state index is 0.706. The summed E-state index contributed by atoms with van der Waals surface area (Å²) in [5.41, 5.74) is 10.8. The molecule has 5 heteroatoms. The first kappa shape index (κ1) is 11.5. The number of nitrogen functional groups attached to an aromatic ring is 1. The molecule has 0 radical (unpaired) electrons. The Labute approximate surface area is 110 Å². The standard InChI is InChI=1S/C14H15N5/c1-9-10(8-18-19-9)7-17-13-5-4-12(15)11-3-2-6-16-14(11)13/h2-6,8,17H,7,15H2,1H3,(H,18,19). The highest BCUT2D eigenvalue weighted by Gasteiger charge is 2.06. The molecule has 1 aromatic carbocycles. The van der Waals surface area contributed by atoms with Crippen LogP contribution >= 0.6 is 0 Å². The second-order valence-electron chi connectivity index (χ2n) is 4.48. The van der Waals surface area contributed by atoms with Gasteiger partial charge in [-0.25, -0.2) is 0 Å². The molecule has 3 rings (SSSR count). The first-order valence-corrected chi connectivity index (χ1v) is 6.11. The number of anilines is 2. The molecule has 0 amide bonds. The van der Waals surface area contributed by atoms with Gasteiger partial charge < -0.3 is 11.1 Å². The Morgan fingerprint density at radius 3 is 3.00 bits per heavy atom. The van der Waals surface area contributed by atoms with Crippen LogP contribution in [0.4, 0.5) is 11.4 Å². The van der Waals surface area contributed by atoms with Crippen molar-refractivity contribution >= 4 is 22.3 Å². The van der Waals surface area contributed by atoms with E-state index < -0.39 is 0 Å². The van der Waals surface area contributed by atoms with E-state index in [2.05, 4.69) is 20.5 Å². The van der Waals surface area contributed by atoms with Crippen LogP contribution in [0, 0.1) is 6.92 Å². The Balaban J connectivity index is 1.93. The lowest BCUT2D eigenvalue weighted by Gasteiger charge is -2.10. The maximum atomic E-state index is 5.96. The molecule has 0 spiro atoms. The van der Waals surface area contributed by atoms with Gasteiger partial charge in [-0.15, -0.1) is 0 Å². The molecule has 0 saturated carbocycles. The van der Waals surface area contributed by atoms with E-state index in [-0.39, 0.29) is 0 Å². The molecule has 2 heterocycles. The van der Waals surface area contributed by atoms with Crippen LogP contribution in [0.2, 0.25) is 0 Å². The minimum Gasteiger partial charge on any atom is -0.398 e. The highest BCUT2D eigenvalue weighted by Crippen LogP contribution is 2.26. The first-order chi connectivity index (χ1) is 9.25. The fraction of sp³-hybridized carbons (Fsp3) is 0.143. The van der Waals surface area contributed by atoms with Gasteiger partial charge in [0.25, 0.3) is 0 Å². The number of aryl methyl sites for hydroxylation is 1. The highest BCUT2D eigenvalue weighted by atomic mass is 15.1. The first-order valence-electron chi connectivity index (χ1n) is 6.11. The number of aromatic amines is 1. The topological polar surface area (TPSA) is 79.6 Å².